The van der Waals surface area contributed by atoms with Gasteiger partial charge in [-0.15, -0.1) is 0 Å². The fourth-order valence-corrected chi connectivity index (χ4v) is 2.68. The Morgan fingerprint density at radius 3 is 2.43 bits per heavy atom. The second-order valence-electron chi connectivity index (χ2n) is 4.50. The van der Waals surface area contributed by atoms with E-state index < -0.39 is 0 Å². The summed E-state index contributed by atoms with van der Waals surface area (Å²) in [7, 11) is 0. The first-order valence-electron chi connectivity index (χ1n) is 6.17. The Morgan fingerprint density at radius 2 is 1.93 bits per heavy atom. The molecule has 0 fully saturated rings. The molecule has 1 heteroatoms. The SMILES string of the molecule is CCCC1C=C(C)C(CC)[C@@H](CC)N1. The van der Waals surface area contributed by atoms with Crippen molar-refractivity contribution in [3.8, 4) is 0 Å². The maximum Gasteiger partial charge on any atom is 0.0255 e. The molecule has 0 radical (unpaired) electrons. The summed E-state index contributed by atoms with van der Waals surface area (Å²) in [6.07, 6.45) is 7.53. The van der Waals surface area contributed by atoms with Crippen LogP contribution in [-0.4, -0.2) is 12.1 Å². The topological polar surface area (TPSA) is 12.0 Å². The normalized spacial score (nSPS) is 32.9. The second-order valence-corrected chi connectivity index (χ2v) is 4.50. The predicted molar refractivity (Wildman–Crippen MR) is 63.4 cm³/mol. The lowest BCUT2D eigenvalue weighted by molar-refractivity contribution is 0.322. The highest BCUT2D eigenvalue weighted by Crippen LogP contribution is 2.26. The molecule has 0 aromatic rings. The summed E-state index contributed by atoms with van der Waals surface area (Å²) in [5.74, 6) is 0.771. The highest BCUT2D eigenvalue weighted by Gasteiger charge is 2.26. The molecule has 1 rings (SSSR count). The van der Waals surface area contributed by atoms with Gasteiger partial charge in [-0.05, 0) is 32.1 Å². The molecule has 0 aromatic heterocycles. The van der Waals surface area contributed by atoms with E-state index in [0.717, 1.165) is 5.92 Å². The predicted octanol–water partition coefficient (Wildman–Crippen LogP) is 3.51. The monoisotopic (exact) mass is 195 g/mol. The van der Waals surface area contributed by atoms with Crippen molar-refractivity contribution in [2.75, 3.05) is 0 Å². The first-order valence-corrected chi connectivity index (χ1v) is 6.17. The van der Waals surface area contributed by atoms with E-state index in [0.29, 0.717) is 12.1 Å². The third-order valence-electron chi connectivity index (χ3n) is 3.44. The molecule has 14 heavy (non-hydrogen) atoms. The second kappa shape index (κ2) is 5.55. The molecule has 0 spiro atoms. The molecule has 1 aliphatic heterocycles. The summed E-state index contributed by atoms with van der Waals surface area (Å²) in [5, 5.41) is 3.76. The average Bonchev–Trinajstić information content (AvgIpc) is 2.17. The van der Waals surface area contributed by atoms with E-state index in [1.807, 2.05) is 0 Å². The highest BCUT2D eigenvalue weighted by atomic mass is 15.0. The van der Waals surface area contributed by atoms with Crippen LogP contribution in [0.3, 0.4) is 0 Å². The lowest BCUT2D eigenvalue weighted by Gasteiger charge is -2.35. The van der Waals surface area contributed by atoms with Crippen LogP contribution in [0, 0.1) is 5.92 Å². The van der Waals surface area contributed by atoms with E-state index in [1.165, 1.54) is 25.7 Å². The van der Waals surface area contributed by atoms with Crippen molar-refractivity contribution < 1.29 is 0 Å². The van der Waals surface area contributed by atoms with Gasteiger partial charge in [-0.1, -0.05) is 38.8 Å². The Kier molecular flexibility index (Phi) is 4.67. The molecule has 82 valence electrons. The molecule has 0 aliphatic carbocycles. The molecule has 3 atom stereocenters. The Bertz CT molecular complexity index is 195. The van der Waals surface area contributed by atoms with E-state index >= 15 is 0 Å². The van der Waals surface area contributed by atoms with Crippen LogP contribution in [-0.2, 0) is 0 Å². The molecule has 1 N–H and O–H groups in total. The van der Waals surface area contributed by atoms with Gasteiger partial charge in [-0.2, -0.15) is 0 Å². The van der Waals surface area contributed by atoms with Gasteiger partial charge in [-0.25, -0.2) is 0 Å². The van der Waals surface area contributed by atoms with Crippen molar-refractivity contribution in [1.29, 1.82) is 0 Å². The van der Waals surface area contributed by atoms with Gasteiger partial charge in [0.05, 0.1) is 0 Å². The summed E-state index contributed by atoms with van der Waals surface area (Å²) < 4.78 is 0. The minimum Gasteiger partial charge on any atom is -0.307 e. The molecule has 2 unspecified atom stereocenters. The number of hydrogen-bond donors (Lipinski definition) is 1. The van der Waals surface area contributed by atoms with Crippen LogP contribution in [0.1, 0.15) is 53.4 Å². The lowest BCUT2D eigenvalue weighted by Crippen LogP contribution is -2.45. The smallest absolute Gasteiger partial charge is 0.0255 e. The molecule has 0 bridgehead atoms. The first-order chi connectivity index (χ1) is 6.72. The van der Waals surface area contributed by atoms with Crippen LogP contribution >= 0.6 is 0 Å². The Balaban J connectivity index is 2.68. The van der Waals surface area contributed by atoms with E-state index in [4.69, 9.17) is 0 Å². The van der Waals surface area contributed by atoms with Crippen LogP contribution in [0.25, 0.3) is 0 Å². The third-order valence-corrected chi connectivity index (χ3v) is 3.44. The van der Waals surface area contributed by atoms with E-state index in [9.17, 15) is 0 Å². The third kappa shape index (κ3) is 2.60. The highest BCUT2D eigenvalue weighted by molar-refractivity contribution is 5.15. The summed E-state index contributed by atoms with van der Waals surface area (Å²) >= 11 is 0. The van der Waals surface area contributed by atoms with Crippen molar-refractivity contribution >= 4 is 0 Å². The molecule has 0 saturated heterocycles. The van der Waals surface area contributed by atoms with Crippen molar-refractivity contribution in [3.63, 3.8) is 0 Å². The van der Waals surface area contributed by atoms with Crippen molar-refractivity contribution in [2.45, 2.75) is 65.5 Å². The average molecular weight is 195 g/mol. The molecule has 1 nitrogen and oxygen atoms in total. The molecule has 1 aliphatic rings. The van der Waals surface area contributed by atoms with Crippen LogP contribution < -0.4 is 5.32 Å². The Hall–Kier alpha value is -0.300. The fourth-order valence-electron chi connectivity index (χ4n) is 2.68. The van der Waals surface area contributed by atoms with Crippen LogP contribution in [0.4, 0.5) is 0 Å². The van der Waals surface area contributed by atoms with Gasteiger partial charge in [0.15, 0.2) is 0 Å². The van der Waals surface area contributed by atoms with Crippen LogP contribution in [0.2, 0.25) is 0 Å². The lowest BCUT2D eigenvalue weighted by atomic mass is 9.83. The summed E-state index contributed by atoms with van der Waals surface area (Å²) in [6.45, 7) is 9.16. The van der Waals surface area contributed by atoms with Gasteiger partial charge in [0, 0.05) is 12.1 Å². The van der Waals surface area contributed by atoms with Gasteiger partial charge >= 0.3 is 0 Å². The van der Waals surface area contributed by atoms with E-state index in [-0.39, 0.29) is 0 Å². The first kappa shape index (κ1) is 11.8. The summed E-state index contributed by atoms with van der Waals surface area (Å²) in [6, 6.07) is 1.34. The van der Waals surface area contributed by atoms with Gasteiger partial charge in [0.1, 0.15) is 0 Å². The number of hydrogen-bond acceptors (Lipinski definition) is 1. The van der Waals surface area contributed by atoms with Crippen molar-refractivity contribution in [1.82, 2.24) is 5.32 Å². The molecule has 0 saturated carbocycles. The Morgan fingerprint density at radius 1 is 1.21 bits per heavy atom. The maximum absolute atomic E-state index is 3.76. The summed E-state index contributed by atoms with van der Waals surface area (Å²) in [5.41, 5.74) is 1.61. The molecule has 0 amide bonds. The van der Waals surface area contributed by atoms with E-state index in [2.05, 4.69) is 39.1 Å². The van der Waals surface area contributed by atoms with Gasteiger partial charge in [0.2, 0.25) is 0 Å². The molecule has 1 heterocycles. The minimum absolute atomic E-state index is 0.632. The van der Waals surface area contributed by atoms with Gasteiger partial charge in [0.25, 0.3) is 0 Å². The maximum atomic E-state index is 3.76. The van der Waals surface area contributed by atoms with Gasteiger partial charge in [-0.3, -0.25) is 0 Å². The molecular weight excluding hydrogens is 170 g/mol. The number of rotatable bonds is 4. The van der Waals surface area contributed by atoms with E-state index in [1.54, 1.807) is 5.57 Å². The zero-order valence-corrected chi connectivity index (χ0v) is 10.1. The minimum atomic E-state index is 0.632. The summed E-state index contributed by atoms with van der Waals surface area (Å²) in [4.78, 5) is 0. The van der Waals surface area contributed by atoms with Crippen molar-refractivity contribution in [3.05, 3.63) is 11.6 Å². The zero-order valence-electron chi connectivity index (χ0n) is 10.1. The Labute approximate surface area is 89.0 Å². The van der Waals surface area contributed by atoms with Crippen LogP contribution in [0.5, 0.6) is 0 Å². The van der Waals surface area contributed by atoms with Crippen molar-refractivity contribution in [2.24, 2.45) is 5.92 Å². The van der Waals surface area contributed by atoms with Gasteiger partial charge < -0.3 is 5.32 Å². The molecule has 0 aromatic carbocycles. The molecular formula is C13H25N. The number of nitrogens with one attached hydrogen (secondary N) is 1. The standard InChI is InChI=1S/C13H25N/c1-5-8-11-9-10(4)12(6-2)13(7-3)14-11/h9,11-14H,5-8H2,1-4H3/t11?,12?,13-/m1/s1. The zero-order chi connectivity index (χ0) is 10.6. The largest absolute Gasteiger partial charge is 0.307 e. The van der Waals surface area contributed by atoms with Crippen LogP contribution in [0.15, 0.2) is 11.6 Å². The quantitative estimate of drug-likeness (QED) is 0.677. The fraction of sp³-hybridized carbons (Fsp3) is 0.846.